The highest BCUT2D eigenvalue weighted by Gasteiger charge is 2.37. The quantitative estimate of drug-likeness (QED) is 0.407. The van der Waals surface area contributed by atoms with Crippen LogP contribution in [0.3, 0.4) is 0 Å². The van der Waals surface area contributed by atoms with Crippen molar-refractivity contribution < 1.29 is 24.6 Å². The Labute approximate surface area is 189 Å². The molecule has 1 amide bonds. The van der Waals surface area contributed by atoms with Crippen LogP contribution in [-0.2, 0) is 27.3 Å². The van der Waals surface area contributed by atoms with Crippen LogP contribution in [0.1, 0.15) is 56.6 Å². The van der Waals surface area contributed by atoms with Crippen molar-refractivity contribution in [2.24, 2.45) is 5.92 Å². The number of nitrogens with zero attached hydrogens (tertiary/aromatic N) is 1. The van der Waals surface area contributed by atoms with E-state index in [1.54, 1.807) is 6.92 Å². The zero-order valence-electron chi connectivity index (χ0n) is 18.8. The molecule has 2 aliphatic rings. The molecule has 176 valence electrons. The van der Waals surface area contributed by atoms with E-state index in [1.165, 1.54) is 17.7 Å². The second kappa shape index (κ2) is 11.4. The number of hydrogen-bond donors (Lipinski definition) is 4. The van der Waals surface area contributed by atoms with E-state index in [1.807, 2.05) is 24.3 Å². The minimum Gasteiger partial charge on any atom is -0.480 e. The molecule has 1 saturated heterocycles. The fraction of sp³-hybridized carbons (Fsp3) is 0.625. The van der Waals surface area contributed by atoms with Crippen molar-refractivity contribution in [2.45, 2.75) is 76.5 Å². The zero-order chi connectivity index (χ0) is 23.1. The molecule has 1 aromatic rings. The first-order valence-corrected chi connectivity index (χ1v) is 11.7. The van der Waals surface area contributed by atoms with Gasteiger partial charge in [-0.2, -0.15) is 0 Å². The maximum atomic E-state index is 13.1. The van der Waals surface area contributed by atoms with Crippen molar-refractivity contribution in [3.63, 3.8) is 0 Å². The van der Waals surface area contributed by atoms with Crippen molar-refractivity contribution in [2.75, 3.05) is 13.1 Å². The van der Waals surface area contributed by atoms with Crippen molar-refractivity contribution in [3.05, 3.63) is 35.4 Å². The molecule has 0 spiro atoms. The fourth-order valence-corrected chi connectivity index (χ4v) is 4.83. The monoisotopic (exact) mass is 445 g/mol. The number of carbonyl (C=O) groups is 3. The van der Waals surface area contributed by atoms with Gasteiger partial charge in [-0.3, -0.25) is 14.9 Å². The van der Waals surface area contributed by atoms with Crippen molar-refractivity contribution in [1.82, 2.24) is 15.5 Å². The van der Waals surface area contributed by atoms with Crippen LogP contribution in [0.15, 0.2) is 24.3 Å². The van der Waals surface area contributed by atoms with Gasteiger partial charge < -0.3 is 20.4 Å². The summed E-state index contributed by atoms with van der Waals surface area (Å²) in [4.78, 5) is 38.1. The molecular formula is C24H35N3O5. The second-order valence-corrected chi connectivity index (χ2v) is 9.05. The van der Waals surface area contributed by atoms with E-state index in [4.69, 9.17) is 0 Å². The summed E-state index contributed by atoms with van der Waals surface area (Å²) in [6, 6.07) is 4.95. The average Bonchev–Trinajstić information content (AvgIpc) is 2.80. The lowest BCUT2D eigenvalue weighted by Crippen LogP contribution is -2.56. The number of carboxylic acid groups (broad SMARTS) is 2. The predicted octanol–water partition coefficient (Wildman–Crippen LogP) is 2.02. The highest BCUT2D eigenvalue weighted by molar-refractivity contribution is 5.88. The third kappa shape index (κ3) is 6.29. The van der Waals surface area contributed by atoms with Gasteiger partial charge in [-0.15, -0.1) is 0 Å². The van der Waals surface area contributed by atoms with E-state index < -0.39 is 30.1 Å². The Hall–Kier alpha value is -2.45. The van der Waals surface area contributed by atoms with Crippen molar-refractivity contribution in [1.29, 1.82) is 0 Å². The molecule has 8 heteroatoms. The maximum Gasteiger partial charge on any atom is 0.326 e. The van der Waals surface area contributed by atoms with Crippen molar-refractivity contribution in [3.8, 4) is 0 Å². The second-order valence-electron chi connectivity index (χ2n) is 9.05. The maximum absolute atomic E-state index is 13.1. The van der Waals surface area contributed by atoms with Gasteiger partial charge in [0.25, 0.3) is 0 Å². The summed E-state index contributed by atoms with van der Waals surface area (Å²) in [5.41, 5.74) is 1.86. The van der Waals surface area contributed by atoms with Crippen LogP contribution in [0.2, 0.25) is 0 Å². The third-order valence-electron chi connectivity index (χ3n) is 6.75. The van der Waals surface area contributed by atoms with Gasteiger partial charge >= 0.3 is 11.9 Å². The predicted molar refractivity (Wildman–Crippen MR) is 120 cm³/mol. The number of fused-ring (bicyclic) bond motifs is 1. The molecule has 1 aromatic carbocycles. The van der Waals surface area contributed by atoms with E-state index in [0.29, 0.717) is 12.3 Å². The summed E-state index contributed by atoms with van der Waals surface area (Å²) in [6.07, 6.45) is 5.92. The molecule has 2 aliphatic heterocycles. The largest absolute Gasteiger partial charge is 0.480 e. The number of unbranched alkanes of at least 4 members (excludes halogenated alkanes) is 1. The highest BCUT2D eigenvalue weighted by Crippen LogP contribution is 2.24. The van der Waals surface area contributed by atoms with E-state index in [0.717, 1.165) is 43.5 Å². The van der Waals surface area contributed by atoms with Gasteiger partial charge in [-0.05, 0) is 56.3 Å². The Morgan fingerprint density at radius 1 is 1.12 bits per heavy atom. The number of aliphatic carboxylic acids is 2. The van der Waals surface area contributed by atoms with Crippen LogP contribution in [0.5, 0.6) is 0 Å². The molecule has 4 N–H and O–H groups in total. The standard InChI is InChI=1S/C24H35N3O5/c1-16(26-20(23(29)30)9-5-2-6-17-10-12-25-13-11-17)22(28)27-15-19-8-4-3-7-18(19)14-21(27)24(31)32/h3-4,7-8,16-17,20-21,25-26H,2,5-6,9-15H2,1H3,(H,29,30)(H,31,32)/t16-,20-,21?/m0/s1. The van der Waals surface area contributed by atoms with E-state index in [9.17, 15) is 24.6 Å². The van der Waals surface area contributed by atoms with Gasteiger partial charge in [-0.25, -0.2) is 4.79 Å². The average molecular weight is 446 g/mol. The number of carboxylic acids is 2. The lowest BCUT2D eigenvalue weighted by molar-refractivity contribution is -0.152. The van der Waals surface area contributed by atoms with Crippen LogP contribution in [0, 0.1) is 5.92 Å². The van der Waals surface area contributed by atoms with Crippen LogP contribution in [0.4, 0.5) is 0 Å². The lowest BCUT2D eigenvalue weighted by atomic mass is 9.91. The molecule has 0 saturated carbocycles. The SMILES string of the molecule is C[C@H](N[C@@H](CCCCC1CCNCC1)C(=O)O)C(=O)N1Cc2ccccc2CC1C(=O)O. The van der Waals surface area contributed by atoms with Gasteiger partial charge in [0.05, 0.1) is 6.04 Å². The summed E-state index contributed by atoms with van der Waals surface area (Å²) in [6.45, 7) is 3.95. The normalized spacial score (nSPS) is 20.9. The summed E-state index contributed by atoms with van der Waals surface area (Å²) < 4.78 is 0. The molecule has 32 heavy (non-hydrogen) atoms. The Balaban J connectivity index is 1.55. The molecule has 0 aromatic heterocycles. The molecule has 3 atom stereocenters. The number of rotatable bonds is 10. The van der Waals surface area contributed by atoms with Crippen molar-refractivity contribution >= 4 is 17.8 Å². The molecular weight excluding hydrogens is 410 g/mol. The van der Waals surface area contributed by atoms with Gasteiger partial charge in [0, 0.05) is 13.0 Å². The Morgan fingerprint density at radius 3 is 2.47 bits per heavy atom. The Bertz CT molecular complexity index is 809. The van der Waals surface area contributed by atoms with E-state index in [-0.39, 0.29) is 18.9 Å². The van der Waals surface area contributed by atoms with Crippen LogP contribution >= 0.6 is 0 Å². The Kier molecular flexibility index (Phi) is 8.64. The van der Waals surface area contributed by atoms with Gasteiger partial charge in [-0.1, -0.05) is 43.5 Å². The first kappa shape index (κ1) is 24.2. The topological polar surface area (TPSA) is 119 Å². The Morgan fingerprint density at radius 2 is 1.81 bits per heavy atom. The molecule has 0 aliphatic carbocycles. The van der Waals surface area contributed by atoms with Crippen LogP contribution in [-0.4, -0.2) is 64.2 Å². The zero-order valence-corrected chi connectivity index (χ0v) is 18.8. The minimum atomic E-state index is -1.05. The molecule has 8 nitrogen and oxygen atoms in total. The number of piperidine rings is 1. The lowest BCUT2D eigenvalue weighted by Gasteiger charge is -2.36. The molecule has 3 rings (SSSR count). The molecule has 0 radical (unpaired) electrons. The molecule has 1 unspecified atom stereocenters. The highest BCUT2D eigenvalue weighted by atomic mass is 16.4. The smallest absolute Gasteiger partial charge is 0.326 e. The van der Waals surface area contributed by atoms with Gasteiger partial charge in [0.1, 0.15) is 12.1 Å². The number of hydrogen-bond acceptors (Lipinski definition) is 5. The summed E-state index contributed by atoms with van der Waals surface area (Å²) in [5, 5.41) is 25.6. The number of nitrogens with one attached hydrogen (secondary N) is 2. The third-order valence-corrected chi connectivity index (χ3v) is 6.75. The summed E-state index contributed by atoms with van der Waals surface area (Å²) in [7, 11) is 0. The minimum absolute atomic E-state index is 0.214. The number of benzene rings is 1. The van der Waals surface area contributed by atoms with Gasteiger partial charge in [0.15, 0.2) is 0 Å². The van der Waals surface area contributed by atoms with E-state index in [2.05, 4.69) is 10.6 Å². The first-order valence-electron chi connectivity index (χ1n) is 11.7. The first-order chi connectivity index (χ1) is 15.4. The van der Waals surface area contributed by atoms with Gasteiger partial charge in [0.2, 0.25) is 5.91 Å². The summed E-state index contributed by atoms with van der Waals surface area (Å²) in [5.74, 6) is -1.70. The summed E-state index contributed by atoms with van der Waals surface area (Å²) >= 11 is 0. The fourth-order valence-electron chi connectivity index (χ4n) is 4.83. The number of amides is 1. The molecule has 1 fully saturated rings. The van der Waals surface area contributed by atoms with Crippen LogP contribution < -0.4 is 10.6 Å². The van der Waals surface area contributed by atoms with E-state index >= 15 is 0 Å². The number of carbonyl (C=O) groups excluding carboxylic acids is 1. The molecule has 2 heterocycles. The van der Waals surface area contributed by atoms with Crippen LogP contribution in [0.25, 0.3) is 0 Å². The molecule has 0 bridgehead atoms.